The van der Waals surface area contributed by atoms with Gasteiger partial charge in [-0.3, -0.25) is 9.78 Å². The molecule has 1 saturated carbocycles. The summed E-state index contributed by atoms with van der Waals surface area (Å²) in [7, 11) is 0. The average molecular weight is 291 g/mol. The molecule has 108 valence electrons. The standard InChI is InChI=1S/C15H21N3OS/c1-2-18(11-12-7-3-6-10-17-12)14(19)15(13(16)20)8-4-5-9-15/h3,6-7,10H,2,4-5,8-9,11H2,1H3,(H2,16,20). The monoisotopic (exact) mass is 291 g/mol. The lowest BCUT2D eigenvalue weighted by molar-refractivity contribution is -0.138. The molecule has 0 aromatic carbocycles. The normalized spacial score (nSPS) is 16.9. The van der Waals surface area contributed by atoms with Crippen molar-refractivity contribution in [2.24, 2.45) is 11.1 Å². The minimum atomic E-state index is -0.625. The molecule has 1 amide bonds. The molecule has 1 heterocycles. The van der Waals surface area contributed by atoms with Crippen LogP contribution in [0.15, 0.2) is 24.4 Å². The van der Waals surface area contributed by atoms with Crippen LogP contribution in [0.25, 0.3) is 0 Å². The molecule has 5 heteroatoms. The highest BCUT2D eigenvalue weighted by Crippen LogP contribution is 2.40. The summed E-state index contributed by atoms with van der Waals surface area (Å²) in [6.07, 6.45) is 5.33. The Morgan fingerprint density at radius 1 is 1.45 bits per heavy atom. The Bertz CT molecular complexity index is 483. The molecule has 0 spiro atoms. The maximum atomic E-state index is 12.9. The van der Waals surface area contributed by atoms with Crippen LogP contribution >= 0.6 is 12.2 Å². The molecule has 0 unspecified atom stereocenters. The Kier molecular flexibility index (Phi) is 4.70. The van der Waals surface area contributed by atoms with Gasteiger partial charge in [-0.25, -0.2) is 0 Å². The lowest BCUT2D eigenvalue weighted by Crippen LogP contribution is -2.49. The number of nitrogens with two attached hydrogens (primary N) is 1. The lowest BCUT2D eigenvalue weighted by atomic mass is 9.84. The van der Waals surface area contributed by atoms with Crippen molar-refractivity contribution in [3.8, 4) is 0 Å². The zero-order valence-corrected chi connectivity index (χ0v) is 12.7. The Hall–Kier alpha value is -1.49. The number of amides is 1. The van der Waals surface area contributed by atoms with Crippen molar-refractivity contribution in [2.75, 3.05) is 6.54 Å². The zero-order valence-electron chi connectivity index (χ0n) is 11.8. The number of aromatic nitrogens is 1. The van der Waals surface area contributed by atoms with Gasteiger partial charge >= 0.3 is 0 Å². The molecule has 2 N–H and O–H groups in total. The van der Waals surface area contributed by atoms with Crippen LogP contribution in [0.5, 0.6) is 0 Å². The fourth-order valence-corrected chi connectivity index (χ4v) is 3.15. The number of rotatable bonds is 5. The van der Waals surface area contributed by atoms with Crippen molar-refractivity contribution in [2.45, 2.75) is 39.2 Å². The van der Waals surface area contributed by atoms with E-state index in [0.29, 0.717) is 18.1 Å². The maximum Gasteiger partial charge on any atom is 0.235 e. The molecule has 4 nitrogen and oxygen atoms in total. The molecule has 1 aromatic rings. The minimum Gasteiger partial charge on any atom is -0.392 e. The summed E-state index contributed by atoms with van der Waals surface area (Å²) in [5.74, 6) is 0.0654. The van der Waals surface area contributed by atoms with Gasteiger partial charge in [0.05, 0.1) is 22.6 Å². The van der Waals surface area contributed by atoms with Gasteiger partial charge in [-0.15, -0.1) is 0 Å². The number of hydrogen-bond donors (Lipinski definition) is 1. The van der Waals surface area contributed by atoms with Gasteiger partial charge in [0.25, 0.3) is 0 Å². The van der Waals surface area contributed by atoms with Gasteiger partial charge in [0, 0.05) is 12.7 Å². The van der Waals surface area contributed by atoms with Gasteiger partial charge in [0.15, 0.2) is 0 Å². The molecular formula is C15H21N3OS. The molecule has 0 atom stereocenters. The van der Waals surface area contributed by atoms with Crippen molar-refractivity contribution in [1.29, 1.82) is 0 Å². The minimum absolute atomic E-state index is 0.0654. The largest absolute Gasteiger partial charge is 0.392 e. The van der Waals surface area contributed by atoms with Crippen LogP contribution < -0.4 is 5.73 Å². The summed E-state index contributed by atoms with van der Waals surface area (Å²) in [4.78, 5) is 19.3. The Morgan fingerprint density at radius 2 is 2.15 bits per heavy atom. The first-order chi connectivity index (χ1) is 9.60. The fraction of sp³-hybridized carbons (Fsp3) is 0.533. The quantitative estimate of drug-likeness (QED) is 0.846. The summed E-state index contributed by atoms with van der Waals surface area (Å²) < 4.78 is 0. The highest BCUT2D eigenvalue weighted by molar-refractivity contribution is 7.80. The molecule has 20 heavy (non-hydrogen) atoms. The van der Waals surface area contributed by atoms with Crippen molar-refractivity contribution in [1.82, 2.24) is 9.88 Å². The van der Waals surface area contributed by atoms with Crippen LogP contribution in [-0.2, 0) is 11.3 Å². The van der Waals surface area contributed by atoms with Crippen LogP contribution in [-0.4, -0.2) is 27.3 Å². The highest BCUT2D eigenvalue weighted by Gasteiger charge is 2.45. The number of hydrogen-bond acceptors (Lipinski definition) is 3. The molecule has 0 radical (unpaired) electrons. The third-order valence-electron chi connectivity index (χ3n) is 4.09. The van der Waals surface area contributed by atoms with E-state index in [-0.39, 0.29) is 5.91 Å². The van der Waals surface area contributed by atoms with Gasteiger partial charge in [0.2, 0.25) is 5.91 Å². The van der Waals surface area contributed by atoms with Gasteiger partial charge in [-0.2, -0.15) is 0 Å². The second-order valence-corrected chi connectivity index (χ2v) is 5.73. The molecule has 0 saturated heterocycles. The molecular weight excluding hydrogens is 270 g/mol. The molecule has 1 aromatic heterocycles. The van der Waals surface area contributed by atoms with E-state index in [4.69, 9.17) is 18.0 Å². The summed E-state index contributed by atoms with van der Waals surface area (Å²) in [5.41, 5.74) is 6.15. The van der Waals surface area contributed by atoms with Crippen molar-refractivity contribution < 1.29 is 4.79 Å². The summed E-state index contributed by atoms with van der Waals surface area (Å²) in [6, 6.07) is 5.73. The molecule has 1 aliphatic carbocycles. The number of carbonyl (C=O) groups is 1. The van der Waals surface area contributed by atoms with E-state index in [0.717, 1.165) is 31.4 Å². The Labute approximate surface area is 125 Å². The number of nitrogens with zero attached hydrogens (tertiary/aromatic N) is 2. The van der Waals surface area contributed by atoms with Crippen LogP contribution in [0.4, 0.5) is 0 Å². The Morgan fingerprint density at radius 3 is 2.65 bits per heavy atom. The maximum absolute atomic E-state index is 12.9. The van der Waals surface area contributed by atoms with E-state index < -0.39 is 5.41 Å². The van der Waals surface area contributed by atoms with Crippen molar-refractivity contribution in [3.05, 3.63) is 30.1 Å². The predicted octanol–water partition coefficient (Wildman–Crippen LogP) is 2.28. The lowest BCUT2D eigenvalue weighted by Gasteiger charge is -2.33. The average Bonchev–Trinajstić information content (AvgIpc) is 2.96. The Balaban J connectivity index is 2.18. The third kappa shape index (κ3) is 2.82. The number of thiocarbonyl (C=S) groups is 1. The third-order valence-corrected chi connectivity index (χ3v) is 4.48. The van der Waals surface area contributed by atoms with Gasteiger partial charge in [-0.1, -0.05) is 31.1 Å². The topological polar surface area (TPSA) is 59.2 Å². The molecule has 0 aliphatic heterocycles. The second-order valence-electron chi connectivity index (χ2n) is 5.29. The van der Waals surface area contributed by atoms with Crippen LogP contribution in [0.2, 0.25) is 0 Å². The predicted molar refractivity (Wildman–Crippen MR) is 83.0 cm³/mol. The van der Waals surface area contributed by atoms with E-state index in [1.54, 1.807) is 6.20 Å². The van der Waals surface area contributed by atoms with E-state index >= 15 is 0 Å². The summed E-state index contributed by atoms with van der Waals surface area (Å²) in [5, 5.41) is 0. The SMILES string of the molecule is CCN(Cc1ccccn1)C(=O)C1(C(N)=S)CCCC1. The van der Waals surface area contributed by atoms with Crippen LogP contribution in [0.3, 0.4) is 0 Å². The second kappa shape index (κ2) is 6.31. The fourth-order valence-electron chi connectivity index (χ4n) is 2.86. The first-order valence-electron chi connectivity index (χ1n) is 7.09. The molecule has 1 fully saturated rings. The zero-order chi connectivity index (χ0) is 14.6. The summed E-state index contributed by atoms with van der Waals surface area (Å²) in [6.45, 7) is 3.13. The molecule has 1 aliphatic rings. The van der Waals surface area contributed by atoms with Crippen LogP contribution in [0.1, 0.15) is 38.3 Å². The smallest absolute Gasteiger partial charge is 0.235 e. The first kappa shape index (κ1) is 14.9. The van der Waals surface area contributed by atoms with E-state index in [1.165, 1.54) is 0 Å². The van der Waals surface area contributed by atoms with Gasteiger partial charge in [-0.05, 0) is 31.9 Å². The van der Waals surface area contributed by atoms with E-state index in [9.17, 15) is 4.79 Å². The van der Waals surface area contributed by atoms with Crippen molar-refractivity contribution >= 4 is 23.1 Å². The van der Waals surface area contributed by atoms with Gasteiger partial charge in [0.1, 0.15) is 0 Å². The van der Waals surface area contributed by atoms with E-state index in [2.05, 4.69) is 4.98 Å². The number of pyridine rings is 1. The highest BCUT2D eigenvalue weighted by atomic mass is 32.1. The summed E-state index contributed by atoms with van der Waals surface area (Å²) >= 11 is 5.19. The van der Waals surface area contributed by atoms with E-state index in [1.807, 2.05) is 30.0 Å². The number of carbonyl (C=O) groups excluding carboxylic acids is 1. The first-order valence-corrected chi connectivity index (χ1v) is 7.50. The van der Waals surface area contributed by atoms with Crippen LogP contribution in [0, 0.1) is 5.41 Å². The molecule has 0 bridgehead atoms. The van der Waals surface area contributed by atoms with Gasteiger partial charge < -0.3 is 10.6 Å². The molecule has 2 rings (SSSR count). The van der Waals surface area contributed by atoms with Crippen molar-refractivity contribution in [3.63, 3.8) is 0 Å².